The minimum absolute atomic E-state index is 0.168. The van der Waals surface area contributed by atoms with Gasteiger partial charge < -0.3 is 15.0 Å². The molecule has 1 saturated heterocycles. The molecule has 0 saturated carbocycles. The lowest BCUT2D eigenvalue weighted by atomic mass is 10.3. The molecule has 1 N–H and O–H groups in total. The van der Waals surface area contributed by atoms with Gasteiger partial charge in [0.25, 0.3) is 0 Å². The van der Waals surface area contributed by atoms with Crippen LogP contribution in [0, 0.1) is 0 Å². The SMILES string of the molecule is CN1CCOC(CNCCS(=O)(=O)C(C)(C)C)C1. The molecule has 0 amide bonds. The van der Waals surface area contributed by atoms with Crippen molar-refractivity contribution in [3.05, 3.63) is 0 Å². The van der Waals surface area contributed by atoms with Crippen molar-refractivity contribution >= 4 is 9.84 Å². The highest BCUT2D eigenvalue weighted by Crippen LogP contribution is 2.15. The zero-order valence-corrected chi connectivity index (χ0v) is 12.7. The summed E-state index contributed by atoms with van der Waals surface area (Å²) < 4.78 is 28.7. The van der Waals surface area contributed by atoms with E-state index in [1.807, 2.05) is 0 Å². The number of nitrogens with one attached hydrogen (secondary N) is 1. The van der Waals surface area contributed by atoms with Crippen LogP contribution in [0.1, 0.15) is 20.8 Å². The van der Waals surface area contributed by atoms with Crippen LogP contribution in [-0.2, 0) is 14.6 Å². The van der Waals surface area contributed by atoms with E-state index in [9.17, 15) is 8.42 Å². The highest BCUT2D eigenvalue weighted by Gasteiger charge is 2.28. The molecule has 18 heavy (non-hydrogen) atoms. The van der Waals surface area contributed by atoms with Crippen LogP contribution in [0.4, 0.5) is 0 Å². The summed E-state index contributed by atoms with van der Waals surface area (Å²) in [6.45, 7) is 9.04. The Morgan fingerprint density at radius 2 is 2.06 bits per heavy atom. The van der Waals surface area contributed by atoms with Crippen LogP contribution in [0.15, 0.2) is 0 Å². The fraction of sp³-hybridized carbons (Fsp3) is 1.00. The molecule has 1 aliphatic rings. The lowest BCUT2D eigenvalue weighted by molar-refractivity contribution is -0.0178. The Morgan fingerprint density at radius 3 is 2.61 bits per heavy atom. The number of nitrogens with zero attached hydrogens (tertiary/aromatic N) is 1. The third-order valence-electron chi connectivity index (χ3n) is 3.19. The summed E-state index contributed by atoms with van der Waals surface area (Å²) in [4.78, 5) is 2.22. The molecule has 6 heteroatoms. The molecule has 108 valence electrons. The van der Waals surface area contributed by atoms with Crippen molar-refractivity contribution in [2.45, 2.75) is 31.6 Å². The second kappa shape index (κ2) is 6.32. The predicted octanol–water partition coefficient (Wildman–Crippen LogP) is 0.120. The summed E-state index contributed by atoms with van der Waals surface area (Å²) >= 11 is 0. The van der Waals surface area contributed by atoms with Gasteiger partial charge in [0.2, 0.25) is 0 Å². The molecular formula is C12H26N2O3S. The van der Waals surface area contributed by atoms with E-state index in [1.54, 1.807) is 20.8 Å². The van der Waals surface area contributed by atoms with Gasteiger partial charge in [-0.3, -0.25) is 0 Å². The first-order valence-corrected chi connectivity index (χ1v) is 8.11. The summed E-state index contributed by atoms with van der Waals surface area (Å²) in [6, 6.07) is 0. The quantitative estimate of drug-likeness (QED) is 0.724. The van der Waals surface area contributed by atoms with Crippen molar-refractivity contribution in [1.82, 2.24) is 10.2 Å². The van der Waals surface area contributed by atoms with Gasteiger partial charge in [-0.1, -0.05) is 0 Å². The van der Waals surface area contributed by atoms with Crippen LogP contribution >= 0.6 is 0 Å². The van der Waals surface area contributed by atoms with Crippen LogP contribution in [0.2, 0.25) is 0 Å². The Bertz CT molecular complexity index is 349. The standard InChI is InChI=1S/C12H26N2O3S/c1-12(2,3)18(15,16)8-5-13-9-11-10-14(4)6-7-17-11/h11,13H,5-10H2,1-4H3. The third-order valence-corrected chi connectivity index (χ3v) is 5.80. The lowest BCUT2D eigenvalue weighted by Gasteiger charge is -2.30. The topological polar surface area (TPSA) is 58.6 Å². The lowest BCUT2D eigenvalue weighted by Crippen LogP contribution is -2.45. The van der Waals surface area contributed by atoms with Crippen LogP contribution in [0.3, 0.4) is 0 Å². The normalized spacial score (nSPS) is 23.2. The molecule has 0 aliphatic carbocycles. The maximum Gasteiger partial charge on any atom is 0.156 e. The molecule has 1 fully saturated rings. The number of morpholine rings is 1. The number of hydrogen-bond acceptors (Lipinski definition) is 5. The molecule has 0 aromatic heterocycles. The molecule has 1 rings (SSSR count). The third kappa shape index (κ3) is 4.84. The smallest absolute Gasteiger partial charge is 0.156 e. The largest absolute Gasteiger partial charge is 0.374 e. The second-order valence-electron chi connectivity index (χ2n) is 5.89. The number of hydrogen-bond donors (Lipinski definition) is 1. The van der Waals surface area contributed by atoms with Gasteiger partial charge in [-0.25, -0.2) is 8.42 Å². The highest BCUT2D eigenvalue weighted by molar-refractivity contribution is 7.92. The number of ether oxygens (including phenoxy) is 1. The molecule has 1 atom stereocenters. The van der Waals surface area contributed by atoms with E-state index in [4.69, 9.17) is 4.74 Å². The van der Waals surface area contributed by atoms with E-state index >= 15 is 0 Å². The maximum absolute atomic E-state index is 11.9. The zero-order valence-electron chi connectivity index (χ0n) is 11.9. The van der Waals surface area contributed by atoms with Gasteiger partial charge in [0.15, 0.2) is 9.84 Å². The Labute approximate surface area is 111 Å². The van der Waals surface area contributed by atoms with Crippen LogP contribution in [0.5, 0.6) is 0 Å². The molecule has 0 spiro atoms. The van der Waals surface area contributed by atoms with Crippen molar-refractivity contribution in [3.63, 3.8) is 0 Å². The summed E-state index contributed by atoms with van der Waals surface area (Å²) in [5.41, 5.74) is 0. The summed E-state index contributed by atoms with van der Waals surface area (Å²) in [6.07, 6.45) is 0.168. The van der Waals surface area contributed by atoms with Gasteiger partial charge in [0.05, 0.1) is 23.2 Å². The van der Waals surface area contributed by atoms with Crippen molar-refractivity contribution in [2.75, 3.05) is 45.6 Å². The minimum atomic E-state index is -3.03. The van der Waals surface area contributed by atoms with Crippen molar-refractivity contribution in [1.29, 1.82) is 0 Å². The fourth-order valence-electron chi connectivity index (χ4n) is 1.77. The van der Waals surface area contributed by atoms with E-state index in [2.05, 4.69) is 17.3 Å². The highest BCUT2D eigenvalue weighted by atomic mass is 32.2. The van der Waals surface area contributed by atoms with Crippen molar-refractivity contribution in [2.24, 2.45) is 0 Å². The number of sulfone groups is 1. The van der Waals surface area contributed by atoms with Gasteiger partial charge in [-0.15, -0.1) is 0 Å². The molecule has 1 heterocycles. The van der Waals surface area contributed by atoms with Gasteiger partial charge in [-0.05, 0) is 27.8 Å². The predicted molar refractivity (Wildman–Crippen MR) is 73.6 cm³/mol. The Morgan fingerprint density at radius 1 is 1.39 bits per heavy atom. The van der Waals surface area contributed by atoms with E-state index < -0.39 is 14.6 Å². The van der Waals surface area contributed by atoms with Crippen molar-refractivity contribution < 1.29 is 13.2 Å². The average Bonchev–Trinajstić information content (AvgIpc) is 2.23. The van der Waals surface area contributed by atoms with Gasteiger partial charge >= 0.3 is 0 Å². The average molecular weight is 278 g/mol. The van der Waals surface area contributed by atoms with E-state index in [0.717, 1.165) is 19.7 Å². The van der Waals surface area contributed by atoms with Crippen LogP contribution in [-0.4, -0.2) is 69.8 Å². The first-order chi connectivity index (χ1) is 8.22. The Balaban J connectivity index is 2.23. The Kier molecular flexibility index (Phi) is 5.58. The first kappa shape index (κ1) is 15.9. The summed E-state index contributed by atoms with van der Waals surface area (Å²) in [5.74, 6) is 0.180. The molecule has 1 unspecified atom stereocenters. The molecule has 0 radical (unpaired) electrons. The van der Waals surface area contributed by atoms with E-state index in [1.165, 1.54) is 0 Å². The molecule has 0 bridgehead atoms. The Hall–Kier alpha value is -0.170. The first-order valence-electron chi connectivity index (χ1n) is 6.45. The molecular weight excluding hydrogens is 252 g/mol. The monoisotopic (exact) mass is 278 g/mol. The van der Waals surface area contributed by atoms with Gasteiger partial charge in [0.1, 0.15) is 0 Å². The van der Waals surface area contributed by atoms with Crippen LogP contribution in [0.25, 0.3) is 0 Å². The second-order valence-corrected chi connectivity index (χ2v) is 8.75. The van der Waals surface area contributed by atoms with Crippen molar-refractivity contribution in [3.8, 4) is 0 Å². The fourth-order valence-corrected chi connectivity index (χ4v) is 2.79. The molecule has 5 nitrogen and oxygen atoms in total. The molecule has 0 aromatic rings. The van der Waals surface area contributed by atoms with Gasteiger partial charge in [-0.2, -0.15) is 0 Å². The number of rotatable bonds is 5. The summed E-state index contributed by atoms with van der Waals surface area (Å²) in [7, 11) is -0.956. The summed E-state index contributed by atoms with van der Waals surface area (Å²) in [5, 5.41) is 3.17. The minimum Gasteiger partial charge on any atom is -0.374 e. The maximum atomic E-state index is 11.9. The number of likely N-dealkylation sites (N-methyl/N-ethyl adjacent to an activating group) is 1. The van der Waals surface area contributed by atoms with E-state index in [0.29, 0.717) is 13.1 Å². The van der Waals surface area contributed by atoms with Gasteiger partial charge in [0, 0.05) is 26.2 Å². The molecule has 1 aliphatic heterocycles. The molecule has 0 aromatic carbocycles. The zero-order chi connectivity index (χ0) is 13.8. The van der Waals surface area contributed by atoms with Crippen LogP contribution < -0.4 is 5.32 Å². The van der Waals surface area contributed by atoms with E-state index in [-0.39, 0.29) is 11.9 Å².